The molecule has 13 nitrogen and oxygen atoms in total. The van der Waals surface area contributed by atoms with Gasteiger partial charge in [-0.15, -0.1) is 0 Å². The molecule has 0 saturated carbocycles. The van der Waals surface area contributed by atoms with Crippen LogP contribution in [-0.2, 0) is 28.8 Å². The quantitative estimate of drug-likeness (QED) is 0.147. The normalized spacial score (nSPS) is 14.5. The van der Waals surface area contributed by atoms with E-state index >= 15 is 0 Å². The number of aliphatic carboxylic acids is 3. The Bertz CT molecular complexity index is 673. The first-order chi connectivity index (χ1) is 13.9. The van der Waals surface area contributed by atoms with Gasteiger partial charge in [-0.05, 0) is 25.4 Å². The molecule has 0 bridgehead atoms. The number of amides is 3. The predicted octanol–water partition coefficient (Wildman–Crippen LogP) is -2.42. The van der Waals surface area contributed by atoms with E-state index in [-0.39, 0.29) is 6.42 Å². The lowest BCUT2D eigenvalue weighted by atomic mass is 10.1. The van der Waals surface area contributed by atoms with Crippen molar-refractivity contribution < 1.29 is 44.1 Å². The van der Waals surface area contributed by atoms with E-state index in [1.54, 1.807) is 6.26 Å². The van der Waals surface area contributed by atoms with Crippen LogP contribution in [0.15, 0.2) is 0 Å². The molecule has 8 N–H and O–H groups in total. The highest BCUT2D eigenvalue weighted by Gasteiger charge is 2.30. The minimum Gasteiger partial charge on any atom is -0.481 e. The molecule has 0 aromatic carbocycles. The van der Waals surface area contributed by atoms with Gasteiger partial charge in [-0.3, -0.25) is 28.8 Å². The van der Waals surface area contributed by atoms with E-state index in [0.717, 1.165) is 0 Å². The fraction of sp³-hybridized carbons (Fsp3) is 0.625. The molecule has 0 heterocycles. The van der Waals surface area contributed by atoms with Gasteiger partial charge in [0, 0.05) is 0 Å². The third kappa shape index (κ3) is 10.6. The van der Waals surface area contributed by atoms with Crippen molar-refractivity contribution >= 4 is 47.4 Å². The summed E-state index contributed by atoms with van der Waals surface area (Å²) in [5, 5.41) is 33.1. The molecule has 0 spiro atoms. The smallest absolute Gasteiger partial charge is 0.325 e. The topological polar surface area (TPSA) is 225 Å². The summed E-state index contributed by atoms with van der Waals surface area (Å²) in [5.41, 5.74) is 5.40. The van der Waals surface area contributed by atoms with Gasteiger partial charge in [0.15, 0.2) is 0 Å². The molecule has 0 saturated heterocycles. The number of rotatable bonds is 14. The Morgan fingerprint density at radius 3 is 1.80 bits per heavy atom. The highest BCUT2D eigenvalue weighted by Crippen LogP contribution is 2.04. The zero-order valence-electron chi connectivity index (χ0n) is 16.4. The van der Waals surface area contributed by atoms with Gasteiger partial charge in [-0.2, -0.15) is 11.8 Å². The maximum Gasteiger partial charge on any atom is 0.325 e. The van der Waals surface area contributed by atoms with Gasteiger partial charge < -0.3 is 37.0 Å². The first kappa shape index (κ1) is 27.1. The summed E-state index contributed by atoms with van der Waals surface area (Å²) in [5.74, 6) is -6.54. The molecule has 0 aromatic rings. The molecule has 0 rings (SSSR count). The molecule has 0 aromatic heterocycles. The van der Waals surface area contributed by atoms with Crippen molar-refractivity contribution in [2.45, 2.75) is 50.4 Å². The van der Waals surface area contributed by atoms with Gasteiger partial charge >= 0.3 is 17.9 Å². The van der Waals surface area contributed by atoms with Crippen LogP contribution in [0.4, 0.5) is 0 Å². The zero-order valence-corrected chi connectivity index (χ0v) is 17.2. The summed E-state index contributed by atoms with van der Waals surface area (Å²) in [7, 11) is 0. The van der Waals surface area contributed by atoms with Crippen LogP contribution in [0.3, 0.4) is 0 Å². The maximum atomic E-state index is 12.5. The van der Waals surface area contributed by atoms with Crippen molar-refractivity contribution in [3.8, 4) is 0 Å². The van der Waals surface area contributed by atoms with Gasteiger partial charge in [0.25, 0.3) is 0 Å². The van der Waals surface area contributed by atoms with Crippen molar-refractivity contribution in [2.75, 3.05) is 12.0 Å². The van der Waals surface area contributed by atoms with Crippen LogP contribution in [0.1, 0.15) is 26.2 Å². The average Bonchev–Trinajstić information content (AvgIpc) is 2.62. The number of thioether (sulfide) groups is 1. The SMILES string of the molecule is CSCCC(NC(=O)C(CC(=O)O)NC(=O)C(N)CC(=O)O)C(=O)NC(C)C(=O)O. The number of carbonyl (C=O) groups is 6. The third-order valence-electron chi connectivity index (χ3n) is 3.72. The van der Waals surface area contributed by atoms with Crippen molar-refractivity contribution in [1.82, 2.24) is 16.0 Å². The summed E-state index contributed by atoms with van der Waals surface area (Å²) >= 11 is 1.36. The van der Waals surface area contributed by atoms with Gasteiger partial charge in [0.05, 0.1) is 18.9 Å². The Labute approximate surface area is 176 Å². The lowest BCUT2D eigenvalue weighted by Gasteiger charge is -2.23. The summed E-state index contributed by atoms with van der Waals surface area (Å²) in [4.78, 5) is 69.4. The second-order valence-corrected chi connectivity index (χ2v) is 7.26. The average molecular weight is 450 g/mol. The largest absolute Gasteiger partial charge is 0.481 e. The molecule has 3 amide bonds. The molecule has 14 heteroatoms. The molecule has 0 radical (unpaired) electrons. The minimum atomic E-state index is -1.63. The second kappa shape index (κ2) is 13.4. The highest BCUT2D eigenvalue weighted by atomic mass is 32.2. The number of carboxylic acids is 3. The van der Waals surface area contributed by atoms with E-state index in [2.05, 4.69) is 16.0 Å². The molecular formula is C16H26N4O9S. The molecule has 0 aliphatic heterocycles. The summed E-state index contributed by atoms with van der Waals surface area (Å²) in [6.45, 7) is 1.23. The van der Waals surface area contributed by atoms with E-state index in [4.69, 9.17) is 21.1 Å². The van der Waals surface area contributed by atoms with Crippen LogP contribution >= 0.6 is 11.8 Å². The number of hydrogen-bond donors (Lipinski definition) is 7. The van der Waals surface area contributed by atoms with E-state index in [9.17, 15) is 28.8 Å². The fourth-order valence-electron chi connectivity index (χ4n) is 2.10. The summed E-state index contributed by atoms with van der Waals surface area (Å²) < 4.78 is 0. The minimum absolute atomic E-state index is 0.108. The Morgan fingerprint density at radius 1 is 0.833 bits per heavy atom. The van der Waals surface area contributed by atoms with Crippen LogP contribution in [0.2, 0.25) is 0 Å². The van der Waals surface area contributed by atoms with Gasteiger partial charge in [0.1, 0.15) is 18.1 Å². The number of carbonyl (C=O) groups excluding carboxylic acids is 3. The standard InChI is InChI=1S/C16H26N4O9S/c1-7(16(28)29)18-14(26)9(3-4-30-2)19-15(27)10(6-12(23)24)20-13(25)8(17)5-11(21)22/h7-10H,3-6,17H2,1-2H3,(H,18,26)(H,19,27)(H,20,25)(H,21,22)(H,23,24)(H,28,29). The monoisotopic (exact) mass is 450 g/mol. The maximum absolute atomic E-state index is 12.5. The van der Waals surface area contributed by atoms with E-state index in [1.807, 2.05) is 0 Å². The van der Waals surface area contributed by atoms with Crippen LogP contribution in [0.25, 0.3) is 0 Å². The zero-order chi connectivity index (χ0) is 23.4. The predicted molar refractivity (Wildman–Crippen MR) is 105 cm³/mol. The van der Waals surface area contributed by atoms with E-state index in [0.29, 0.717) is 5.75 Å². The van der Waals surface area contributed by atoms with Gasteiger partial charge in [-0.25, -0.2) is 0 Å². The fourth-order valence-corrected chi connectivity index (χ4v) is 2.57. The second-order valence-electron chi connectivity index (χ2n) is 6.27. The van der Waals surface area contributed by atoms with E-state index < -0.39 is 72.6 Å². The molecule has 4 unspecified atom stereocenters. The van der Waals surface area contributed by atoms with Crippen molar-refractivity contribution in [3.63, 3.8) is 0 Å². The highest BCUT2D eigenvalue weighted by molar-refractivity contribution is 7.98. The molecule has 0 aliphatic rings. The molecule has 170 valence electrons. The molecule has 0 fully saturated rings. The van der Waals surface area contributed by atoms with Crippen molar-refractivity contribution in [1.29, 1.82) is 0 Å². The van der Waals surface area contributed by atoms with Gasteiger partial charge in [-0.1, -0.05) is 0 Å². The van der Waals surface area contributed by atoms with Crippen LogP contribution in [0, 0.1) is 0 Å². The first-order valence-electron chi connectivity index (χ1n) is 8.71. The summed E-state index contributed by atoms with van der Waals surface area (Å²) in [6.07, 6.45) is 0.268. The molecule has 4 atom stereocenters. The van der Waals surface area contributed by atoms with Crippen molar-refractivity contribution in [2.24, 2.45) is 5.73 Å². The van der Waals surface area contributed by atoms with E-state index in [1.165, 1.54) is 18.7 Å². The molecule has 0 aliphatic carbocycles. The van der Waals surface area contributed by atoms with Gasteiger partial charge in [0.2, 0.25) is 17.7 Å². The Balaban J connectivity index is 5.33. The first-order valence-corrected chi connectivity index (χ1v) is 10.1. The number of carboxylic acid groups (broad SMARTS) is 3. The van der Waals surface area contributed by atoms with Crippen molar-refractivity contribution in [3.05, 3.63) is 0 Å². The lowest BCUT2D eigenvalue weighted by Crippen LogP contribution is -2.57. The molecular weight excluding hydrogens is 424 g/mol. The number of nitrogens with one attached hydrogen (secondary N) is 3. The van der Waals surface area contributed by atoms with Crippen LogP contribution < -0.4 is 21.7 Å². The third-order valence-corrected chi connectivity index (χ3v) is 4.36. The van der Waals surface area contributed by atoms with Crippen LogP contribution in [0.5, 0.6) is 0 Å². The Morgan fingerprint density at radius 2 is 1.33 bits per heavy atom. The number of nitrogens with two attached hydrogens (primary N) is 1. The summed E-state index contributed by atoms with van der Waals surface area (Å²) in [6, 6.07) is -5.56. The number of hydrogen-bond acceptors (Lipinski definition) is 8. The molecule has 30 heavy (non-hydrogen) atoms. The van der Waals surface area contributed by atoms with Crippen LogP contribution in [-0.4, -0.2) is 87.1 Å². The lowest BCUT2D eigenvalue weighted by molar-refractivity contribution is -0.143. The Hall–Kier alpha value is -2.87. The Kier molecular flexibility index (Phi) is 12.1.